The molecule has 0 spiro atoms. The number of ether oxygens (including phenoxy) is 1. The van der Waals surface area contributed by atoms with E-state index in [4.69, 9.17) is 15.1 Å². The Hall–Kier alpha value is -1.98. The zero-order chi connectivity index (χ0) is 17.3. The number of carboxylic acid groups (broad SMARTS) is 1. The van der Waals surface area contributed by atoms with Crippen LogP contribution in [-0.2, 0) is 6.42 Å². The highest BCUT2D eigenvalue weighted by molar-refractivity contribution is 8.02. The summed E-state index contributed by atoms with van der Waals surface area (Å²) in [7, 11) is -1.18. The molecular formula is C13H14BN3O5S2. The molecule has 24 heavy (non-hydrogen) atoms. The number of thioether (sulfide) groups is 1. The Kier molecular flexibility index (Phi) is 4.83. The Balaban J connectivity index is 1.90. The van der Waals surface area contributed by atoms with Crippen LogP contribution in [-0.4, -0.2) is 45.2 Å². The van der Waals surface area contributed by atoms with Crippen LogP contribution in [0.1, 0.15) is 22.8 Å². The van der Waals surface area contributed by atoms with Crippen LogP contribution in [0.4, 0.5) is 5.13 Å². The van der Waals surface area contributed by atoms with Crippen LogP contribution in [0.5, 0.6) is 11.5 Å². The quantitative estimate of drug-likeness (QED) is 0.671. The molecule has 11 heteroatoms. The lowest BCUT2D eigenvalue weighted by molar-refractivity contribution is 0.0689. The number of anilines is 1. The van der Waals surface area contributed by atoms with Gasteiger partial charge in [-0.15, -0.1) is 10.2 Å². The normalized spacial score (nSPS) is 16.4. The second kappa shape index (κ2) is 6.87. The third-order valence-corrected chi connectivity index (χ3v) is 5.44. The van der Waals surface area contributed by atoms with Crippen molar-refractivity contribution >= 4 is 41.3 Å². The fourth-order valence-electron chi connectivity index (χ4n) is 2.39. The van der Waals surface area contributed by atoms with Gasteiger partial charge in [0, 0.05) is 0 Å². The second-order valence-corrected chi connectivity index (χ2v) is 7.44. The molecule has 1 aromatic heterocycles. The number of fused-ring (bicyclic) bond motifs is 1. The van der Waals surface area contributed by atoms with Crippen molar-refractivity contribution in [1.29, 1.82) is 0 Å². The highest BCUT2D eigenvalue weighted by Gasteiger charge is 2.39. The van der Waals surface area contributed by atoms with E-state index < -0.39 is 13.1 Å². The van der Waals surface area contributed by atoms with E-state index in [1.165, 1.54) is 23.1 Å². The smallest absolute Gasteiger partial charge is 0.534 e. The van der Waals surface area contributed by atoms with Gasteiger partial charge in [0.05, 0.1) is 11.8 Å². The fourth-order valence-corrected chi connectivity index (χ4v) is 4.34. The molecule has 126 valence electrons. The van der Waals surface area contributed by atoms with Crippen LogP contribution in [0.3, 0.4) is 0 Å². The summed E-state index contributed by atoms with van der Waals surface area (Å²) < 4.78 is 11.5. The molecule has 4 N–H and O–H groups in total. The predicted molar refractivity (Wildman–Crippen MR) is 90.8 cm³/mol. The first-order valence-corrected chi connectivity index (χ1v) is 8.81. The van der Waals surface area contributed by atoms with Crippen LogP contribution in [0.2, 0.25) is 0 Å². The van der Waals surface area contributed by atoms with Gasteiger partial charge in [-0.25, -0.2) is 4.79 Å². The molecule has 3 rings (SSSR count). The van der Waals surface area contributed by atoms with E-state index in [1.54, 1.807) is 19.1 Å². The number of nitrogens with two attached hydrogens (primary N) is 1. The molecule has 0 unspecified atom stereocenters. The van der Waals surface area contributed by atoms with Gasteiger partial charge in [0.15, 0.2) is 4.34 Å². The van der Waals surface area contributed by atoms with Crippen LogP contribution < -0.4 is 15.1 Å². The third kappa shape index (κ3) is 3.28. The Bertz CT molecular complexity index is 772. The molecule has 1 aliphatic rings. The number of aromatic carboxylic acids is 1. The van der Waals surface area contributed by atoms with Gasteiger partial charge in [-0.1, -0.05) is 29.2 Å². The van der Waals surface area contributed by atoms with E-state index in [-0.39, 0.29) is 22.2 Å². The van der Waals surface area contributed by atoms with Crippen LogP contribution in [0.15, 0.2) is 16.5 Å². The molecule has 1 atom stereocenters. The molecule has 1 aliphatic heterocycles. The zero-order valence-corrected chi connectivity index (χ0v) is 14.3. The molecule has 0 saturated heterocycles. The third-order valence-electron chi connectivity index (χ3n) is 3.37. The molecule has 0 saturated carbocycles. The first kappa shape index (κ1) is 16.9. The van der Waals surface area contributed by atoms with Crippen LogP contribution in [0, 0.1) is 0 Å². The number of benzene rings is 1. The summed E-state index contributed by atoms with van der Waals surface area (Å²) in [4.78, 5) is 11.6. The summed E-state index contributed by atoms with van der Waals surface area (Å²) in [5.74, 6) is -0.793. The highest BCUT2D eigenvalue weighted by Crippen LogP contribution is 2.40. The van der Waals surface area contributed by atoms with Gasteiger partial charge < -0.3 is 25.3 Å². The summed E-state index contributed by atoms with van der Waals surface area (Å²) in [5.41, 5.74) is 6.17. The predicted octanol–water partition coefficient (Wildman–Crippen LogP) is 1.33. The van der Waals surface area contributed by atoms with E-state index >= 15 is 0 Å². The van der Waals surface area contributed by atoms with Gasteiger partial charge in [0.2, 0.25) is 5.13 Å². The van der Waals surface area contributed by atoms with Crippen molar-refractivity contribution < 1.29 is 24.3 Å². The first-order chi connectivity index (χ1) is 11.5. The lowest BCUT2D eigenvalue weighted by atomic mass is 9.77. The minimum atomic E-state index is -1.18. The molecule has 1 aromatic carbocycles. The molecule has 0 radical (unpaired) electrons. The Morgan fingerprint density at radius 1 is 1.58 bits per heavy atom. The maximum Gasteiger partial charge on any atom is 0.537 e. The van der Waals surface area contributed by atoms with E-state index in [0.29, 0.717) is 28.1 Å². The van der Waals surface area contributed by atoms with Crippen molar-refractivity contribution in [3.8, 4) is 11.5 Å². The van der Waals surface area contributed by atoms with Gasteiger partial charge in [-0.05, 0) is 25.0 Å². The molecule has 0 fully saturated rings. The number of carbonyl (C=O) groups is 1. The Morgan fingerprint density at radius 2 is 2.38 bits per heavy atom. The largest absolute Gasteiger partial charge is 0.537 e. The number of aromatic nitrogens is 2. The number of hydrogen-bond acceptors (Lipinski definition) is 9. The van der Waals surface area contributed by atoms with Gasteiger partial charge in [0.25, 0.3) is 0 Å². The maximum absolute atomic E-state index is 11.6. The van der Waals surface area contributed by atoms with Crippen molar-refractivity contribution in [2.75, 3.05) is 12.3 Å². The fraction of sp³-hybridized carbons (Fsp3) is 0.308. The molecule has 2 aromatic rings. The summed E-state index contributed by atoms with van der Waals surface area (Å²) in [6, 6.07) is 3.36. The second-order valence-electron chi connectivity index (χ2n) is 4.94. The summed E-state index contributed by atoms with van der Waals surface area (Å²) in [6.45, 7) is 2.10. The zero-order valence-electron chi connectivity index (χ0n) is 12.6. The molecule has 8 nitrogen and oxygen atoms in total. The minimum absolute atomic E-state index is 0.0722. The van der Waals surface area contributed by atoms with E-state index in [9.17, 15) is 14.9 Å². The number of nitrogens with zero attached hydrogens (tertiary/aromatic N) is 2. The number of carboxylic acids is 1. The average molecular weight is 367 g/mol. The Labute approximate surface area is 146 Å². The minimum Gasteiger partial charge on any atom is -0.534 e. The van der Waals surface area contributed by atoms with Crippen molar-refractivity contribution in [3.05, 3.63) is 23.3 Å². The van der Waals surface area contributed by atoms with Gasteiger partial charge in [0.1, 0.15) is 17.1 Å². The van der Waals surface area contributed by atoms with Crippen molar-refractivity contribution in [3.63, 3.8) is 0 Å². The first-order valence-electron chi connectivity index (χ1n) is 7.12. The monoisotopic (exact) mass is 367 g/mol. The SMILES string of the molecule is CCOc1ccc2c(c1C(=O)O)OB(O)[C@@H](Sc1nnc(N)s1)C2. The van der Waals surface area contributed by atoms with E-state index in [2.05, 4.69) is 10.2 Å². The molecular weight excluding hydrogens is 353 g/mol. The van der Waals surface area contributed by atoms with E-state index in [1.807, 2.05) is 0 Å². The topological polar surface area (TPSA) is 128 Å². The van der Waals surface area contributed by atoms with Crippen molar-refractivity contribution in [1.82, 2.24) is 10.2 Å². The Morgan fingerprint density at radius 3 is 3.00 bits per heavy atom. The number of rotatable bonds is 5. The van der Waals surface area contributed by atoms with Crippen LogP contribution in [0.25, 0.3) is 0 Å². The van der Waals surface area contributed by atoms with Gasteiger partial charge in [-0.2, -0.15) is 0 Å². The summed E-state index contributed by atoms with van der Waals surface area (Å²) in [5, 5.41) is 27.4. The summed E-state index contributed by atoms with van der Waals surface area (Å²) in [6.07, 6.45) is 0.424. The molecule has 0 amide bonds. The molecule has 0 aliphatic carbocycles. The van der Waals surface area contributed by atoms with Crippen molar-refractivity contribution in [2.24, 2.45) is 0 Å². The van der Waals surface area contributed by atoms with Crippen LogP contribution >= 0.6 is 23.1 Å². The standard InChI is InChI=1S/C13H14BN3O5S2/c1-2-21-7-4-3-6-5-8(23-13-17-16-12(15)24-13)14(20)22-10(6)9(7)11(18)19/h3-4,8,20H,2,5H2,1H3,(H2,15,16)(H,18,19)/t8-/m0/s1. The average Bonchev–Trinajstić information content (AvgIpc) is 2.93. The summed E-state index contributed by atoms with van der Waals surface area (Å²) >= 11 is 2.52. The number of hydrogen-bond donors (Lipinski definition) is 3. The number of nitrogen functional groups attached to an aromatic ring is 1. The molecule has 0 bridgehead atoms. The lowest BCUT2D eigenvalue weighted by Crippen LogP contribution is -2.40. The maximum atomic E-state index is 11.6. The lowest BCUT2D eigenvalue weighted by Gasteiger charge is -2.28. The van der Waals surface area contributed by atoms with Gasteiger partial charge in [-0.3, -0.25) is 0 Å². The van der Waals surface area contributed by atoms with E-state index in [0.717, 1.165) is 0 Å². The van der Waals surface area contributed by atoms with Crippen molar-refractivity contribution in [2.45, 2.75) is 22.8 Å². The molecule has 2 heterocycles. The highest BCUT2D eigenvalue weighted by atomic mass is 32.2. The van der Waals surface area contributed by atoms with Gasteiger partial charge >= 0.3 is 13.1 Å².